The van der Waals surface area contributed by atoms with Crippen LogP contribution >= 0.6 is 11.8 Å². The predicted octanol–water partition coefficient (Wildman–Crippen LogP) is 4.88. The van der Waals surface area contributed by atoms with Crippen LogP contribution in [0.2, 0.25) is 0 Å². The van der Waals surface area contributed by atoms with Gasteiger partial charge in [-0.2, -0.15) is 0 Å². The van der Waals surface area contributed by atoms with E-state index in [-0.39, 0.29) is 0 Å². The summed E-state index contributed by atoms with van der Waals surface area (Å²) in [5.41, 5.74) is 2.47. The summed E-state index contributed by atoms with van der Waals surface area (Å²) in [6.45, 7) is 4.14. The molecule has 0 fully saturated rings. The molecule has 0 heterocycles. The van der Waals surface area contributed by atoms with Crippen LogP contribution in [0, 0.1) is 0 Å². The first-order valence-electron chi connectivity index (χ1n) is 5.77. The van der Waals surface area contributed by atoms with Crippen molar-refractivity contribution >= 4 is 17.3 Å². The first kappa shape index (κ1) is 12.0. The van der Waals surface area contributed by atoms with Crippen LogP contribution in [0.4, 0.5) is 0 Å². The van der Waals surface area contributed by atoms with Crippen molar-refractivity contribution in [1.82, 2.24) is 0 Å². The highest BCUT2D eigenvalue weighted by atomic mass is 32.2. The molecule has 0 unspecified atom stereocenters. The number of hydrogen-bond acceptors (Lipinski definition) is 1. The van der Waals surface area contributed by atoms with E-state index in [0.717, 1.165) is 12.2 Å². The van der Waals surface area contributed by atoms with Gasteiger partial charge in [0.25, 0.3) is 0 Å². The first-order chi connectivity index (χ1) is 8.36. The zero-order chi connectivity index (χ0) is 11.9. The van der Waals surface area contributed by atoms with Gasteiger partial charge in [0, 0.05) is 10.6 Å². The lowest BCUT2D eigenvalue weighted by Gasteiger charge is -2.05. The summed E-state index contributed by atoms with van der Waals surface area (Å²) in [5.74, 6) is 1.08. The highest BCUT2D eigenvalue weighted by Crippen LogP contribution is 2.23. The lowest BCUT2D eigenvalue weighted by Crippen LogP contribution is -1.85. The third-order valence-electron chi connectivity index (χ3n) is 2.60. The Morgan fingerprint density at radius 3 is 2.12 bits per heavy atom. The highest BCUT2D eigenvalue weighted by Gasteiger charge is 1.98. The van der Waals surface area contributed by atoms with Crippen LogP contribution in [0.5, 0.6) is 0 Å². The van der Waals surface area contributed by atoms with Crippen LogP contribution < -0.4 is 0 Å². The Morgan fingerprint density at radius 2 is 1.47 bits per heavy atom. The second-order valence-corrected chi connectivity index (χ2v) is 5.05. The van der Waals surface area contributed by atoms with Gasteiger partial charge in [0.05, 0.1) is 0 Å². The van der Waals surface area contributed by atoms with E-state index in [2.05, 4.69) is 55.1 Å². The average Bonchev–Trinajstić information content (AvgIpc) is 2.41. The van der Waals surface area contributed by atoms with E-state index < -0.39 is 0 Å². The normalized spacial score (nSPS) is 10.1. The van der Waals surface area contributed by atoms with Crippen molar-refractivity contribution in [2.45, 2.75) is 11.3 Å². The molecule has 0 nitrogen and oxygen atoms in total. The zero-order valence-electron chi connectivity index (χ0n) is 9.80. The van der Waals surface area contributed by atoms with E-state index >= 15 is 0 Å². The standard InChI is InChI=1S/C16H16S/c1-14(15-8-4-2-5-9-15)12-13-17-16-10-6-3-7-11-16/h2-11H,1,12-13H2. The molecule has 2 aromatic rings. The molecule has 86 valence electrons. The molecule has 0 spiro atoms. The summed E-state index contributed by atoms with van der Waals surface area (Å²) >= 11 is 1.88. The molecule has 0 radical (unpaired) electrons. The number of allylic oxidation sites excluding steroid dienone is 1. The topological polar surface area (TPSA) is 0 Å². The monoisotopic (exact) mass is 240 g/mol. The molecule has 2 rings (SSSR count). The molecule has 0 N–H and O–H groups in total. The van der Waals surface area contributed by atoms with Gasteiger partial charge in [0.2, 0.25) is 0 Å². The molecule has 2 aromatic carbocycles. The Bertz CT molecular complexity index is 459. The van der Waals surface area contributed by atoms with Gasteiger partial charge in [-0.05, 0) is 29.7 Å². The highest BCUT2D eigenvalue weighted by molar-refractivity contribution is 7.99. The third kappa shape index (κ3) is 3.79. The summed E-state index contributed by atoms with van der Waals surface area (Å²) in [5, 5.41) is 0. The largest absolute Gasteiger partial charge is 0.126 e. The molecule has 17 heavy (non-hydrogen) atoms. The van der Waals surface area contributed by atoms with E-state index in [0.29, 0.717) is 0 Å². The van der Waals surface area contributed by atoms with E-state index in [9.17, 15) is 0 Å². The molecule has 0 aliphatic rings. The van der Waals surface area contributed by atoms with Crippen LogP contribution in [0.15, 0.2) is 72.1 Å². The minimum absolute atomic E-state index is 1.03. The van der Waals surface area contributed by atoms with E-state index in [4.69, 9.17) is 0 Å². The van der Waals surface area contributed by atoms with Crippen LogP contribution in [0.25, 0.3) is 5.57 Å². The Hall–Kier alpha value is -1.47. The molecule has 1 heteroatoms. The van der Waals surface area contributed by atoms with Crippen molar-refractivity contribution in [1.29, 1.82) is 0 Å². The summed E-state index contributed by atoms with van der Waals surface area (Å²) in [7, 11) is 0. The summed E-state index contributed by atoms with van der Waals surface area (Å²) in [6.07, 6.45) is 1.03. The minimum atomic E-state index is 1.03. The molecule has 0 atom stereocenters. The third-order valence-corrected chi connectivity index (χ3v) is 3.61. The fraction of sp³-hybridized carbons (Fsp3) is 0.125. The van der Waals surface area contributed by atoms with Crippen LogP contribution in [-0.4, -0.2) is 5.75 Å². The molecular formula is C16H16S. The van der Waals surface area contributed by atoms with Crippen molar-refractivity contribution in [3.05, 3.63) is 72.8 Å². The van der Waals surface area contributed by atoms with Gasteiger partial charge < -0.3 is 0 Å². The van der Waals surface area contributed by atoms with Gasteiger partial charge in [-0.15, -0.1) is 11.8 Å². The maximum Gasteiger partial charge on any atom is 0.00720 e. The molecule has 0 saturated heterocycles. The van der Waals surface area contributed by atoms with Crippen molar-refractivity contribution in [2.24, 2.45) is 0 Å². The molecule has 0 aliphatic carbocycles. The second kappa shape index (κ2) is 6.31. The molecule has 0 aromatic heterocycles. The molecule has 0 saturated carbocycles. The van der Waals surface area contributed by atoms with E-state index in [1.54, 1.807) is 0 Å². The Kier molecular flexibility index (Phi) is 4.45. The molecule has 0 aliphatic heterocycles. The fourth-order valence-corrected chi connectivity index (χ4v) is 2.56. The van der Waals surface area contributed by atoms with Crippen molar-refractivity contribution in [2.75, 3.05) is 5.75 Å². The van der Waals surface area contributed by atoms with Gasteiger partial charge in [0.15, 0.2) is 0 Å². The SMILES string of the molecule is C=C(CCSc1ccccc1)c1ccccc1. The maximum absolute atomic E-state index is 4.14. The van der Waals surface area contributed by atoms with E-state index in [1.807, 2.05) is 23.9 Å². The number of rotatable bonds is 5. The number of thioether (sulfide) groups is 1. The maximum atomic E-state index is 4.14. The number of benzene rings is 2. The van der Waals surface area contributed by atoms with Gasteiger partial charge in [-0.1, -0.05) is 55.1 Å². The van der Waals surface area contributed by atoms with Crippen molar-refractivity contribution < 1.29 is 0 Å². The van der Waals surface area contributed by atoms with Crippen LogP contribution in [-0.2, 0) is 0 Å². The Labute approximate surface area is 107 Å². The minimum Gasteiger partial charge on any atom is -0.126 e. The number of hydrogen-bond donors (Lipinski definition) is 0. The van der Waals surface area contributed by atoms with Crippen molar-refractivity contribution in [3.63, 3.8) is 0 Å². The Morgan fingerprint density at radius 1 is 0.882 bits per heavy atom. The smallest absolute Gasteiger partial charge is 0.00720 e. The lowest BCUT2D eigenvalue weighted by molar-refractivity contribution is 1.26. The van der Waals surface area contributed by atoms with Crippen LogP contribution in [0.3, 0.4) is 0 Å². The average molecular weight is 240 g/mol. The van der Waals surface area contributed by atoms with E-state index in [1.165, 1.54) is 16.0 Å². The van der Waals surface area contributed by atoms with Crippen LogP contribution in [0.1, 0.15) is 12.0 Å². The van der Waals surface area contributed by atoms with Gasteiger partial charge in [0.1, 0.15) is 0 Å². The fourth-order valence-electron chi connectivity index (χ4n) is 1.63. The van der Waals surface area contributed by atoms with Gasteiger partial charge >= 0.3 is 0 Å². The first-order valence-corrected chi connectivity index (χ1v) is 6.76. The molecule has 0 amide bonds. The second-order valence-electron chi connectivity index (χ2n) is 3.88. The Balaban J connectivity index is 1.82. The predicted molar refractivity (Wildman–Crippen MR) is 77.3 cm³/mol. The summed E-state index contributed by atoms with van der Waals surface area (Å²) in [4.78, 5) is 1.33. The summed E-state index contributed by atoms with van der Waals surface area (Å²) in [6, 6.07) is 20.9. The molecule has 0 bridgehead atoms. The quantitative estimate of drug-likeness (QED) is 0.671. The molecular weight excluding hydrogens is 224 g/mol. The zero-order valence-corrected chi connectivity index (χ0v) is 10.6. The lowest BCUT2D eigenvalue weighted by atomic mass is 10.1. The van der Waals surface area contributed by atoms with Gasteiger partial charge in [-0.3, -0.25) is 0 Å². The summed E-state index contributed by atoms with van der Waals surface area (Å²) < 4.78 is 0. The van der Waals surface area contributed by atoms with Gasteiger partial charge in [-0.25, -0.2) is 0 Å². The van der Waals surface area contributed by atoms with Crippen molar-refractivity contribution in [3.8, 4) is 0 Å².